The van der Waals surface area contributed by atoms with Gasteiger partial charge in [0.15, 0.2) is 0 Å². The van der Waals surface area contributed by atoms with Gasteiger partial charge >= 0.3 is 10.2 Å². The van der Waals surface area contributed by atoms with E-state index in [9.17, 15) is 17.1 Å². The van der Waals surface area contributed by atoms with Crippen molar-refractivity contribution in [3.05, 3.63) is 23.5 Å². The monoisotopic (exact) mass is 286 g/mol. The van der Waals surface area contributed by atoms with E-state index in [0.29, 0.717) is 5.69 Å². The molecule has 1 atom stereocenters. The van der Waals surface area contributed by atoms with Gasteiger partial charge in [0.2, 0.25) is 5.91 Å². The number of hydrogen-bond donors (Lipinski definition) is 0. The van der Waals surface area contributed by atoms with Gasteiger partial charge in [-0.05, 0) is 26.0 Å². The molecule has 5 nitrogen and oxygen atoms in total. The van der Waals surface area contributed by atoms with Crippen molar-refractivity contribution in [2.24, 2.45) is 5.92 Å². The summed E-state index contributed by atoms with van der Waals surface area (Å²) < 4.78 is 33.9. The van der Waals surface area contributed by atoms with Crippen LogP contribution in [0.3, 0.4) is 0 Å². The van der Waals surface area contributed by atoms with Crippen LogP contribution in [0, 0.1) is 19.8 Å². The van der Waals surface area contributed by atoms with Crippen LogP contribution in [-0.4, -0.2) is 31.6 Å². The SMILES string of the molecule is Cc1cc(N2CC(CS(=O)(=O)F)CC2=O)cc(C)n1. The van der Waals surface area contributed by atoms with E-state index in [-0.39, 0.29) is 18.9 Å². The fraction of sp³-hybridized carbons (Fsp3) is 0.500. The van der Waals surface area contributed by atoms with Crippen molar-refractivity contribution in [1.29, 1.82) is 0 Å². The molecule has 0 radical (unpaired) electrons. The van der Waals surface area contributed by atoms with Crippen LogP contribution >= 0.6 is 0 Å². The lowest BCUT2D eigenvalue weighted by atomic mass is 10.1. The van der Waals surface area contributed by atoms with Crippen LogP contribution in [0.5, 0.6) is 0 Å². The maximum atomic E-state index is 12.7. The highest BCUT2D eigenvalue weighted by molar-refractivity contribution is 7.86. The van der Waals surface area contributed by atoms with Crippen molar-refractivity contribution in [2.45, 2.75) is 20.3 Å². The molecule has 2 rings (SSSR count). The highest BCUT2D eigenvalue weighted by atomic mass is 32.3. The van der Waals surface area contributed by atoms with E-state index < -0.39 is 21.9 Å². The second kappa shape index (κ2) is 4.88. The van der Waals surface area contributed by atoms with E-state index in [4.69, 9.17) is 0 Å². The Labute approximate surface area is 111 Å². The Balaban J connectivity index is 2.20. The zero-order valence-corrected chi connectivity index (χ0v) is 11.6. The molecule has 1 aromatic rings. The first-order valence-electron chi connectivity index (χ1n) is 5.92. The van der Waals surface area contributed by atoms with Crippen LogP contribution in [0.2, 0.25) is 0 Å². The van der Waals surface area contributed by atoms with Gasteiger partial charge in [-0.3, -0.25) is 9.78 Å². The fourth-order valence-corrected chi connectivity index (χ4v) is 3.18. The predicted molar refractivity (Wildman–Crippen MR) is 69.1 cm³/mol. The van der Waals surface area contributed by atoms with Crippen molar-refractivity contribution < 1.29 is 17.1 Å². The quantitative estimate of drug-likeness (QED) is 0.787. The molecule has 1 saturated heterocycles. The Morgan fingerprint density at radius 2 is 1.95 bits per heavy atom. The average molecular weight is 286 g/mol. The molecular formula is C12H15FN2O3S. The molecule has 1 aliphatic heterocycles. The molecule has 1 aromatic heterocycles. The Bertz CT molecular complexity index is 595. The van der Waals surface area contributed by atoms with Gasteiger partial charge in [-0.2, -0.15) is 8.42 Å². The minimum Gasteiger partial charge on any atom is -0.312 e. The van der Waals surface area contributed by atoms with Crippen LogP contribution in [0.25, 0.3) is 0 Å². The van der Waals surface area contributed by atoms with Crippen molar-refractivity contribution >= 4 is 21.8 Å². The normalized spacial score (nSPS) is 20.1. The number of carbonyl (C=O) groups is 1. The maximum absolute atomic E-state index is 12.7. The number of amides is 1. The van der Waals surface area contributed by atoms with Crippen LogP contribution in [0.15, 0.2) is 12.1 Å². The standard InChI is InChI=1S/C12H15FN2O3S/c1-8-3-11(4-9(2)14-8)15-6-10(5-12(15)16)7-19(13,17)18/h3-4,10H,5-7H2,1-2H3. The molecule has 1 aliphatic rings. The molecule has 1 fully saturated rings. The summed E-state index contributed by atoms with van der Waals surface area (Å²) >= 11 is 0. The Morgan fingerprint density at radius 1 is 1.37 bits per heavy atom. The zero-order chi connectivity index (χ0) is 14.2. The van der Waals surface area contributed by atoms with Crippen molar-refractivity contribution in [3.63, 3.8) is 0 Å². The van der Waals surface area contributed by atoms with Crippen LogP contribution in [0.1, 0.15) is 17.8 Å². The van der Waals surface area contributed by atoms with Crippen LogP contribution in [0.4, 0.5) is 9.57 Å². The molecule has 1 amide bonds. The number of carbonyl (C=O) groups excluding carboxylic acids is 1. The van der Waals surface area contributed by atoms with Gasteiger partial charge in [0.1, 0.15) is 0 Å². The van der Waals surface area contributed by atoms with Gasteiger partial charge in [0.05, 0.1) is 5.75 Å². The first-order valence-corrected chi connectivity index (χ1v) is 7.48. The van der Waals surface area contributed by atoms with Gasteiger partial charge < -0.3 is 4.90 Å². The van der Waals surface area contributed by atoms with Crippen molar-refractivity contribution in [3.8, 4) is 0 Å². The largest absolute Gasteiger partial charge is 0.312 e. The fourth-order valence-electron chi connectivity index (χ4n) is 2.39. The summed E-state index contributed by atoms with van der Waals surface area (Å²) in [5.41, 5.74) is 2.25. The lowest BCUT2D eigenvalue weighted by Crippen LogP contribution is -2.25. The predicted octanol–water partition coefficient (Wildman–Crippen LogP) is 1.35. The smallest absolute Gasteiger partial charge is 0.302 e. The Morgan fingerprint density at radius 3 is 2.47 bits per heavy atom. The van der Waals surface area contributed by atoms with Gasteiger partial charge in [-0.15, -0.1) is 3.89 Å². The van der Waals surface area contributed by atoms with E-state index >= 15 is 0 Å². The van der Waals surface area contributed by atoms with Gasteiger partial charge in [0, 0.05) is 36.0 Å². The molecule has 0 bridgehead atoms. The van der Waals surface area contributed by atoms with E-state index in [1.807, 2.05) is 13.8 Å². The maximum Gasteiger partial charge on any atom is 0.302 e. The Hall–Kier alpha value is -1.50. The summed E-state index contributed by atoms with van der Waals surface area (Å²) in [6.07, 6.45) is 0.0591. The molecule has 2 heterocycles. The highest BCUT2D eigenvalue weighted by Gasteiger charge is 2.33. The van der Waals surface area contributed by atoms with Gasteiger partial charge in [-0.1, -0.05) is 0 Å². The Kier molecular flexibility index (Phi) is 3.58. The minimum atomic E-state index is -4.54. The van der Waals surface area contributed by atoms with E-state index in [1.165, 1.54) is 4.90 Å². The molecule has 0 aromatic carbocycles. The molecule has 0 aliphatic carbocycles. The molecule has 104 valence electrons. The van der Waals surface area contributed by atoms with Crippen LogP contribution < -0.4 is 4.90 Å². The van der Waals surface area contributed by atoms with Gasteiger partial charge in [-0.25, -0.2) is 0 Å². The molecule has 0 N–H and O–H groups in total. The summed E-state index contributed by atoms with van der Waals surface area (Å²) in [7, 11) is -4.54. The number of anilines is 1. The first kappa shape index (κ1) is 13.9. The molecule has 1 unspecified atom stereocenters. The average Bonchev–Trinajstić information content (AvgIpc) is 2.54. The number of halogens is 1. The molecule has 7 heteroatoms. The number of aromatic nitrogens is 1. The van der Waals surface area contributed by atoms with Crippen LogP contribution in [-0.2, 0) is 15.0 Å². The summed E-state index contributed by atoms with van der Waals surface area (Å²) in [5.74, 6) is -1.27. The van der Waals surface area contributed by atoms with E-state index in [1.54, 1.807) is 12.1 Å². The summed E-state index contributed by atoms with van der Waals surface area (Å²) in [5, 5.41) is 0. The van der Waals surface area contributed by atoms with E-state index in [0.717, 1.165) is 11.4 Å². The number of aryl methyl sites for hydroxylation is 2. The summed E-state index contributed by atoms with van der Waals surface area (Å²) in [6.45, 7) is 3.87. The number of rotatable bonds is 3. The number of hydrogen-bond acceptors (Lipinski definition) is 4. The minimum absolute atomic E-state index is 0.0591. The summed E-state index contributed by atoms with van der Waals surface area (Å²) in [6, 6.07) is 3.52. The molecule has 19 heavy (non-hydrogen) atoms. The van der Waals surface area contributed by atoms with Crippen molar-refractivity contribution in [1.82, 2.24) is 4.98 Å². The third kappa shape index (κ3) is 3.50. The second-order valence-electron chi connectivity index (χ2n) is 4.89. The first-order chi connectivity index (χ1) is 8.74. The van der Waals surface area contributed by atoms with Crippen molar-refractivity contribution in [2.75, 3.05) is 17.2 Å². The zero-order valence-electron chi connectivity index (χ0n) is 10.8. The third-order valence-corrected chi connectivity index (χ3v) is 3.89. The number of nitrogens with zero attached hydrogens (tertiary/aromatic N) is 2. The highest BCUT2D eigenvalue weighted by Crippen LogP contribution is 2.27. The molecule has 0 saturated carbocycles. The topological polar surface area (TPSA) is 67.3 Å². The lowest BCUT2D eigenvalue weighted by molar-refractivity contribution is -0.117. The molecule has 0 spiro atoms. The third-order valence-electron chi connectivity index (χ3n) is 3.02. The lowest BCUT2D eigenvalue weighted by Gasteiger charge is -2.17. The molecular weight excluding hydrogens is 271 g/mol. The number of pyridine rings is 1. The second-order valence-corrected chi connectivity index (χ2v) is 6.30. The van der Waals surface area contributed by atoms with Gasteiger partial charge in [0.25, 0.3) is 0 Å². The summed E-state index contributed by atoms with van der Waals surface area (Å²) in [4.78, 5) is 17.6. The van der Waals surface area contributed by atoms with E-state index in [2.05, 4.69) is 4.98 Å².